The number of aromatic amines is 1. The summed E-state index contributed by atoms with van der Waals surface area (Å²) >= 11 is 0. The van der Waals surface area contributed by atoms with Crippen molar-refractivity contribution in [2.75, 3.05) is 61.1 Å². The number of rotatable bonds is 7. The summed E-state index contributed by atoms with van der Waals surface area (Å²) in [6.07, 6.45) is 7.61. The summed E-state index contributed by atoms with van der Waals surface area (Å²) < 4.78 is 7.48. The number of amides is 1. The Bertz CT molecular complexity index is 1920. The number of nitrogens with one attached hydrogen (secondary N) is 2. The van der Waals surface area contributed by atoms with Gasteiger partial charge in [-0.2, -0.15) is 0 Å². The van der Waals surface area contributed by atoms with Gasteiger partial charge in [-0.05, 0) is 59.7 Å². The van der Waals surface area contributed by atoms with Gasteiger partial charge in [0, 0.05) is 62.9 Å². The zero-order valence-corrected chi connectivity index (χ0v) is 26.7. The fraction of sp³-hybridized carbons (Fsp3) is 0.417. The van der Waals surface area contributed by atoms with Crippen LogP contribution in [0.3, 0.4) is 0 Å². The maximum Gasteiger partial charge on any atom is 0.276 e. The Morgan fingerprint density at radius 3 is 2.52 bits per heavy atom. The normalized spacial score (nSPS) is 18.9. The van der Waals surface area contributed by atoms with Crippen molar-refractivity contribution in [2.45, 2.75) is 46.7 Å². The number of hydrogen-bond acceptors (Lipinski definition) is 9. The van der Waals surface area contributed by atoms with Crippen molar-refractivity contribution in [3.8, 4) is 11.1 Å². The van der Waals surface area contributed by atoms with Gasteiger partial charge in [-0.1, -0.05) is 21.3 Å². The third-order valence-electron chi connectivity index (χ3n) is 10.0. The molecule has 4 aromatic rings. The number of pyridine rings is 3. The summed E-state index contributed by atoms with van der Waals surface area (Å²) in [7, 11) is 0. The molecule has 48 heavy (non-hydrogen) atoms. The highest BCUT2D eigenvalue weighted by Gasteiger charge is 2.37. The molecule has 4 aliphatic rings. The molecule has 0 atom stereocenters. The largest absolute Gasteiger partial charge is 0.378 e. The van der Waals surface area contributed by atoms with Crippen LogP contribution in [0.5, 0.6) is 0 Å². The molecule has 2 N–H and O–H groups in total. The second-order valence-electron chi connectivity index (χ2n) is 13.7. The van der Waals surface area contributed by atoms with Gasteiger partial charge in [-0.15, -0.1) is 0 Å². The molecule has 12 nitrogen and oxygen atoms in total. The van der Waals surface area contributed by atoms with Crippen LogP contribution in [-0.2, 0) is 24.1 Å². The number of fused-ring (bicyclic) bond motifs is 3. The first-order valence-corrected chi connectivity index (χ1v) is 16.3. The third kappa shape index (κ3) is 5.58. The van der Waals surface area contributed by atoms with Crippen LogP contribution in [0.4, 0.5) is 23.0 Å². The first-order chi connectivity index (χ1) is 22.8. The quantitative estimate of drug-likeness (QED) is 0.284. The number of aldehydes is 1. The minimum absolute atomic E-state index is 0. The van der Waals surface area contributed by atoms with Gasteiger partial charge in [-0.25, -0.2) is 9.97 Å². The van der Waals surface area contributed by atoms with Crippen LogP contribution >= 0.6 is 0 Å². The van der Waals surface area contributed by atoms with Gasteiger partial charge in [0.05, 0.1) is 36.7 Å². The Balaban J connectivity index is 0.00000364. The molecular weight excluding hydrogens is 608 g/mol. The Morgan fingerprint density at radius 1 is 1.00 bits per heavy atom. The zero-order valence-electron chi connectivity index (χ0n) is 26.7. The molecule has 3 aliphatic heterocycles. The average Bonchev–Trinajstić information content (AvgIpc) is 3.54. The summed E-state index contributed by atoms with van der Waals surface area (Å²) in [6.45, 7) is 11.1. The maximum atomic E-state index is 13.8. The lowest BCUT2D eigenvalue weighted by Gasteiger charge is -2.43. The van der Waals surface area contributed by atoms with E-state index >= 15 is 0 Å². The van der Waals surface area contributed by atoms with E-state index in [2.05, 4.69) is 48.5 Å². The lowest BCUT2D eigenvalue weighted by molar-refractivity contribution is -0.0660. The fourth-order valence-electron chi connectivity index (χ4n) is 7.45. The van der Waals surface area contributed by atoms with E-state index in [1.807, 2.05) is 24.4 Å². The lowest BCUT2D eigenvalue weighted by atomic mass is 9.90. The van der Waals surface area contributed by atoms with Gasteiger partial charge < -0.3 is 24.5 Å². The van der Waals surface area contributed by atoms with Crippen molar-refractivity contribution in [3.63, 3.8) is 0 Å². The van der Waals surface area contributed by atoms with E-state index in [0.717, 1.165) is 64.2 Å². The smallest absolute Gasteiger partial charge is 0.276 e. The average molecular weight is 651 g/mol. The molecule has 0 aromatic carbocycles. The molecular formula is C36H42N8O4. The molecule has 1 aliphatic carbocycles. The predicted molar refractivity (Wildman–Crippen MR) is 186 cm³/mol. The number of piperazine rings is 1. The van der Waals surface area contributed by atoms with Gasteiger partial charge >= 0.3 is 0 Å². The highest BCUT2D eigenvalue weighted by atomic mass is 16.5. The van der Waals surface area contributed by atoms with Crippen LogP contribution in [0.1, 0.15) is 53.4 Å². The highest BCUT2D eigenvalue weighted by molar-refractivity contribution is 6.08. The number of hydrogen-bond donors (Lipinski definition) is 2. The highest BCUT2D eigenvalue weighted by Crippen LogP contribution is 2.40. The third-order valence-corrected chi connectivity index (χ3v) is 10.0. The Hall–Kier alpha value is -4.81. The van der Waals surface area contributed by atoms with E-state index in [9.17, 15) is 14.4 Å². The summed E-state index contributed by atoms with van der Waals surface area (Å²) in [5.74, 6) is 0.685. The molecule has 1 amide bonds. The van der Waals surface area contributed by atoms with Crippen molar-refractivity contribution >= 4 is 35.2 Å². The Kier molecular flexibility index (Phi) is 8.16. The predicted octanol–water partition coefficient (Wildman–Crippen LogP) is 4.13. The maximum absolute atomic E-state index is 13.8. The topological polar surface area (TPSA) is 129 Å². The van der Waals surface area contributed by atoms with Gasteiger partial charge in [0.1, 0.15) is 23.0 Å². The molecule has 2 saturated heterocycles. The second kappa shape index (κ2) is 12.3. The van der Waals surface area contributed by atoms with Crippen molar-refractivity contribution in [1.82, 2.24) is 24.4 Å². The van der Waals surface area contributed by atoms with Crippen LogP contribution in [0.15, 0.2) is 53.7 Å². The van der Waals surface area contributed by atoms with Crippen molar-refractivity contribution < 1.29 is 14.3 Å². The minimum Gasteiger partial charge on any atom is -0.378 e. The summed E-state index contributed by atoms with van der Waals surface area (Å²) in [6, 6.07) is 9.85. The van der Waals surface area contributed by atoms with Crippen LogP contribution in [0.2, 0.25) is 0 Å². The van der Waals surface area contributed by atoms with Gasteiger partial charge in [-0.3, -0.25) is 24.2 Å². The Morgan fingerprint density at radius 2 is 1.81 bits per heavy atom. The van der Waals surface area contributed by atoms with Crippen molar-refractivity contribution in [2.24, 2.45) is 5.41 Å². The summed E-state index contributed by atoms with van der Waals surface area (Å²) in [5, 5.41) is 3.14. The van der Waals surface area contributed by atoms with Gasteiger partial charge in [0.15, 0.2) is 6.29 Å². The SMILES string of the molecule is C.CC1(C)Cc2cc3n(c2C1)CCN(c1nccc(-c2c[nH]c(=O)c(Nc4ccc(N5CCN(C6COC6)CC5)cn4)c2)c1C=O)C3=O. The lowest BCUT2D eigenvalue weighted by Crippen LogP contribution is -2.56. The van der Waals surface area contributed by atoms with Crippen LogP contribution in [0.25, 0.3) is 11.1 Å². The number of nitrogens with zero attached hydrogens (tertiary/aromatic N) is 6. The molecule has 0 bridgehead atoms. The second-order valence-corrected chi connectivity index (χ2v) is 13.7. The van der Waals surface area contributed by atoms with Gasteiger partial charge in [0.25, 0.3) is 11.5 Å². The number of carbonyl (C=O) groups is 2. The van der Waals surface area contributed by atoms with Crippen molar-refractivity contribution in [1.29, 1.82) is 0 Å². The molecule has 12 heteroatoms. The minimum atomic E-state index is -0.319. The number of anilines is 4. The number of ether oxygens (including phenoxy) is 1. The Labute approximate surface area is 279 Å². The summed E-state index contributed by atoms with van der Waals surface area (Å²) in [4.78, 5) is 57.5. The van der Waals surface area contributed by atoms with Crippen molar-refractivity contribution in [3.05, 3.63) is 81.8 Å². The van der Waals surface area contributed by atoms with E-state index in [4.69, 9.17) is 4.74 Å². The van der Waals surface area contributed by atoms with Crippen LogP contribution in [0, 0.1) is 5.41 Å². The number of H-pyrrole nitrogens is 1. The molecule has 2 fully saturated rings. The zero-order chi connectivity index (χ0) is 32.3. The fourth-order valence-corrected chi connectivity index (χ4v) is 7.45. The molecule has 0 spiro atoms. The molecule has 0 radical (unpaired) electrons. The number of aromatic nitrogens is 4. The van der Waals surface area contributed by atoms with E-state index in [1.54, 1.807) is 29.4 Å². The first-order valence-electron chi connectivity index (χ1n) is 16.3. The van der Waals surface area contributed by atoms with E-state index in [0.29, 0.717) is 58.8 Å². The number of carbonyl (C=O) groups excluding carboxylic acids is 2. The van der Waals surface area contributed by atoms with Gasteiger partial charge in [0.2, 0.25) is 0 Å². The molecule has 7 heterocycles. The van der Waals surface area contributed by atoms with E-state index in [-0.39, 0.29) is 24.3 Å². The van der Waals surface area contributed by atoms with E-state index < -0.39 is 0 Å². The molecule has 4 aromatic heterocycles. The molecule has 8 rings (SSSR count). The standard InChI is InChI=1S/C35H38N8O4.CH4/c1-35(2)15-22-14-29-34(46)43(12-11-42(29)30(22)16-35)32-27(19-44)26(5-6-36-32)23-13-28(33(45)38-17-23)39-31-4-3-24(18-37-31)40-7-9-41(10-8-40)25-20-47-21-25;/h3-6,13-14,17-19,25H,7-12,15-16,20-21H2,1-2H3,(H,37,39)(H,38,45);1H4. The summed E-state index contributed by atoms with van der Waals surface area (Å²) in [5.41, 5.74) is 5.78. The molecule has 0 unspecified atom stereocenters. The molecule has 250 valence electrons. The van der Waals surface area contributed by atoms with Crippen LogP contribution in [-0.4, -0.2) is 88.6 Å². The molecule has 0 saturated carbocycles. The van der Waals surface area contributed by atoms with Crippen LogP contribution < -0.4 is 20.7 Å². The first kappa shape index (κ1) is 31.8. The monoisotopic (exact) mass is 650 g/mol. The van der Waals surface area contributed by atoms with E-state index in [1.165, 1.54) is 11.3 Å².